The van der Waals surface area contributed by atoms with Gasteiger partial charge in [0.05, 0.1) is 12.7 Å². The van der Waals surface area contributed by atoms with Crippen molar-refractivity contribution < 1.29 is 9.53 Å². The summed E-state index contributed by atoms with van der Waals surface area (Å²) in [6.45, 7) is 1.82. The summed E-state index contributed by atoms with van der Waals surface area (Å²) in [5, 5.41) is 9.32. The van der Waals surface area contributed by atoms with Crippen molar-refractivity contribution in [2.45, 2.75) is 11.9 Å². The highest BCUT2D eigenvalue weighted by Gasteiger charge is 2.13. The molecule has 2 aromatic rings. The van der Waals surface area contributed by atoms with E-state index in [2.05, 4.69) is 4.98 Å². The van der Waals surface area contributed by atoms with Crippen molar-refractivity contribution in [1.82, 2.24) is 4.98 Å². The van der Waals surface area contributed by atoms with Crippen LogP contribution < -0.4 is 4.74 Å². The molecule has 1 aromatic heterocycles. The van der Waals surface area contributed by atoms with E-state index >= 15 is 0 Å². The van der Waals surface area contributed by atoms with Gasteiger partial charge in [0.2, 0.25) is 5.12 Å². The van der Waals surface area contributed by atoms with Gasteiger partial charge in [0.15, 0.2) is 0 Å². The molecule has 1 aromatic carbocycles. The molecule has 5 heteroatoms. The Morgan fingerprint density at radius 1 is 1.25 bits per heavy atom. The largest absolute Gasteiger partial charge is 0.497 e. The van der Waals surface area contributed by atoms with Gasteiger partial charge in [-0.05, 0) is 55.1 Å². The normalized spacial score (nSPS) is 9.85. The summed E-state index contributed by atoms with van der Waals surface area (Å²) < 4.78 is 5.05. The minimum atomic E-state index is -0.151. The predicted molar refractivity (Wildman–Crippen MR) is 76.9 cm³/mol. The quantitative estimate of drug-likeness (QED) is 0.810. The lowest BCUT2D eigenvalue weighted by atomic mass is 10.2. The van der Waals surface area contributed by atoms with E-state index in [9.17, 15) is 4.79 Å². The molecule has 0 saturated heterocycles. The van der Waals surface area contributed by atoms with E-state index in [1.165, 1.54) is 0 Å². The van der Waals surface area contributed by atoms with Gasteiger partial charge in [-0.2, -0.15) is 5.26 Å². The molecule has 20 heavy (non-hydrogen) atoms. The number of carbonyl (C=O) groups is 1. The summed E-state index contributed by atoms with van der Waals surface area (Å²) in [4.78, 5) is 16.4. The second-order valence-corrected chi connectivity index (χ2v) is 5.00. The van der Waals surface area contributed by atoms with Crippen molar-refractivity contribution in [2.24, 2.45) is 0 Å². The topological polar surface area (TPSA) is 63.0 Å². The molecule has 1 heterocycles. The van der Waals surface area contributed by atoms with E-state index in [-0.39, 0.29) is 5.12 Å². The number of hydrogen-bond acceptors (Lipinski definition) is 5. The van der Waals surface area contributed by atoms with Gasteiger partial charge in [0.1, 0.15) is 16.8 Å². The maximum Gasteiger partial charge on any atom is 0.225 e. The van der Waals surface area contributed by atoms with Gasteiger partial charge in [-0.1, -0.05) is 0 Å². The fraction of sp³-hybridized carbons (Fsp3) is 0.133. The number of aryl methyl sites for hydroxylation is 1. The van der Waals surface area contributed by atoms with Crippen LogP contribution in [0, 0.1) is 18.3 Å². The molecule has 0 radical (unpaired) electrons. The summed E-state index contributed by atoms with van der Waals surface area (Å²) in [6, 6.07) is 12.3. The van der Waals surface area contributed by atoms with Gasteiger partial charge in [-0.25, -0.2) is 4.98 Å². The maximum absolute atomic E-state index is 12.2. The highest BCUT2D eigenvalue weighted by molar-refractivity contribution is 8.14. The number of thioether (sulfide) groups is 1. The van der Waals surface area contributed by atoms with E-state index < -0.39 is 0 Å². The molecule has 0 unspecified atom stereocenters. The monoisotopic (exact) mass is 284 g/mol. The van der Waals surface area contributed by atoms with Crippen molar-refractivity contribution in [3.05, 3.63) is 53.2 Å². The highest BCUT2D eigenvalue weighted by atomic mass is 32.2. The minimum absolute atomic E-state index is 0.151. The summed E-state index contributed by atoms with van der Waals surface area (Å²) in [6.07, 6.45) is 0. The zero-order valence-electron chi connectivity index (χ0n) is 11.1. The Balaban J connectivity index is 2.23. The number of aromatic nitrogens is 1. The van der Waals surface area contributed by atoms with Crippen LogP contribution in [0.5, 0.6) is 5.75 Å². The Labute approximate surface area is 121 Å². The number of ether oxygens (including phenoxy) is 1. The molecular weight excluding hydrogens is 272 g/mol. The van der Waals surface area contributed by atoms with Crippen LogP contribution in [0.4, 0.5) is 0 Å². The first kappa shape index (κ1) is 14.1. The molecule has 2 rings (SSSR count). The lowest BCUT2D eigenvalue weighted by Crippen LogP contribution is -1.97. The van der Waals surface area contributed by atoms with Crippen LogP contribution in [-0.2, 0) is 0 Å². The van der Waals surface area contributed by atoms with Gasteiger partial charge in [0.25, 0.3) is 0 Å². The zero-order valence-corrected chi connectivity index (χ0v) is 11.9. The van der Waals surface area contributed by atoms with E-state index in [4.69, 9.17) is 10.00 Å². The molecule has 4 nitrogen and oxygen atoms in total. The fourth-order valence-corrected chi connectivity index (χ4v) is 2.41. The summed E-state index contributed by atoms with van der Waals surface area (Å²) >= 11 is 0.962. The third kappa shape index (κ3) is 3.16. The molecule has 100 valence electrons. The number of methoxy groups -OCH3 is 1. The number of carbonyl (C=O) groups excluding carboxylic acids is 1. The second kappa shape index (κ2) is 6.22. The van der Waals surface area contributed by atoms with Gasteiger partial charge in [-0.15, -0.1) is 0 Å². The van der Waals surface area contributed by atoms with Crippen LogP contribution in [-0.4, -0.2) is 17.2 Å². The zero-order chi connectivity index (χ0) is 14.5. The number of benzene rings is 1. The average molecular weight is 284 g/mol. The lowest BCUT2D eigenvalue weighted by molar-refractivity contribution is 0.108. The van der Waals surface area contributed by atoms with Crippen LogP contribution in [0.25, 0.3) is 0 Å². The van der Waals surface area contributed by atoms with Gasteiger partial charge >= 0.3 is 0 Å². The van der Waals surface area contributed by atoms with Crippen LogP contribution in [0.1, 0.15) is 21.6 Å². The molecule has 0 saturated carbocycles. The minimum Gasteiger partial charge on any atom is -0.497 e. The first-order chi connectivity index (χ1) is 9.63. The molecule has 0 aliphatic carbocycles. The van der Waals surface area contributed by atoms with E-state index in [0.29, 0.717) is 21.9 Å². The van der Waals surface area contributed by atoms with Crippen molar-refractivity contribution in [3.8, 4) is 11.8 Å². The summed E-state index contributed by atoms with van der Waals surface area (Å²) in [7, 11) is 1.57. The number of nitrogens with zero attached hydrogens (tertiary/aromatic N) is 2. The van der Waals surface area contributed by atoms with Crippen molar-refractivity contribution >= 4 is 16.9 Å². The molecule has 0 aliphatic rings. The van der Waals surface area contributed by atoms with E-state index in [1.807, 2.05) is 13.0 Å². The molecule has 0 fully saturated rings. The van der Waals surface area contributed by atoms with Crippen molar-refractivity contribution in [1.29, 1.82) is 5.26 Å². The molecule has 0 spiro atoms. The third-order valence-corrected chi connectivity index (χ3v) is 3.56. The molecule has 0 N–H and O–H groups in total. The number of rotatable bonds is 3. The summed E-state index contributed by atoms with van der Waals surface area (Å²) in [5.41, 5.74) is 1.72. The molecule has 0 aliphatic heterocycles. The third-order valence-electron chi connectivity index (χ3n) is 2.64. The standard InChI is InChI=1S/C15H12N2O2S/c1-10-3-4-12(9-16)14(17-10)20-15(18)11-5-7-13(19-2)8-6-11/h3-8H,1-2H3. The van der Waals surface area contributed by atoms with Crippen molar-refractivity contribution in [3.63, 3.8) is 0 Å². The first-order valence-electron chi connectivity index (χ1n) is 5.88. The Hall–Kier alpha value is -2.32. The van der Waals surface area contributed by atoms with E-state index in [1.54, 1.807) is 43.5 Å². The van der Waals surface area contributed by atoms with Gasteiger partial charge in [0, 0.05) is 11.3 Å². The number of nitriles is 1. The molecular formula is C15H12N2O2S. The average Bonchev–Trinajstić information content (AvgIpc) is 2.47. The number of hydrogen-bond donors (Lipinski definition) is 0. The van der Waals surface area contributed by atoms with Crippen LogP contribution in [0.3, 0.4) is 0 Å². The SMILES string of the molecule is COc1ccc(C(=O)Sc2nc(C)ccc2C#N)cc1. The number of pyridine rings is 1. The predicted octanol–water partition coefficient (Wildman–Crippen LogP) is 3.20. The Bertz CT molecular complexity index is 675. The van der Waals surface area contributed by atoms with Gasteiger partial charge in [-0.3, -0.25) is 4.79 Å². The van der Waals surface area contributed by atoms with Crippen molar-refractivity contribution in [2.75, 3.05) is 7.11 Å². The first-order valence-corrected chi connectivity index (χ1v) is 6.69. The van der Waals surface area contributed by atoms with Crippen LogP contribution in [0.2, 0.25) is 0 Å². The highest BCUT2D eigenvalue weighted by Crippen LogP contribution is 2.25. The van der Waals surface area contributed by atoms with E-state index in [0.717, 1.165) is 17.5 Å². The second-order valence-electron chi connectivity index (χ2n) is 4.04. The molecule has 0 bridgehead atoms. The Kier molecular flexibility index (Phi) is 4.38. The lowest BCUT2D eigenvalue weighted by Gasteiger charge is -2.04. The Morgan fingerprint density at radius 3 is 2.55 bits per heavy atom. The smallest absolute Gasteiger partial charge is 0.225 e. The molecule has 0 amide bonds. The van der Waals surface area contributed by atoms with Crippen LogP contribution >= 0.6 is 11.8 Å². The molecule has 0 atom stereocenters. The summed E-state index contributed by atoms with van der Waals surface area (Å²) in [5.74, 6) is 0.693. The van der Waals surface area contributed by atoms with Crippen LogP contribution in [0.15, 0.2) is 41.4 Å². The maximum atomic E-state index is 12.2. The fourth-order valence-electron chi connectivity index (χ4n) is 1.57. The Morgan fingerprint density at radius 2 is 1.95 bits per heavy atom. The van der Waals surface area contributed by atoms with Gasteiger partial charge < -0.3 is 4.74 Å².